The van der Waals surface area contributed by atoms with E-state index in [1.165, 1.54) is 0 Å². The maximum Gasteiger partial charge on any atom is 0.350 e. The van der Waals surface area contributed by atoms with Gasteiger partial charge in [-0.2, -0.15) is 9.97 Å². The average molecular weight is 311 g/mol. The molecule has 0 aliphatic rings. The second kappa shape index (κ2) is 6.68. The van der Waals surface area contributed by atoms with E-state index in [1.807, 2.05) is 0 Å². The van der Waals surface area contributed by atoms with Gasteiger partial charge in [0.25, 0.3) is 0 Å². The molecule has 0 unspecified atom stereocenters. The number of anilines is 1. The maximum absolute atomic E-state index is 10.6. The highest BCUT2D eigenvalue weighted by Crippen LogP contribution is 2.33. The highest BCUT2D eigenvalue weighted by Gasteiger charge is 2.13. The number of pyridine rings is 1. The molecule has 0 fully saturated rings. The van der Waals surface area contributed by atoms with Crippen molar-refractivity contribution in [1.29, 1.82) is 0 Å². The molecule has 4 N–H and O–H groups in total. The number of nitrogens with two attached hydrogens (primary N) is 1. The lowest BCUT2D eigenvalue weighted by Crippen LogP contribution is -2.08. The summed E-state index contributed by atoms with van der Waals surface area (Å²) in [5.41, 5.74) is 6.37. The molecule has 2 rings (SSSR count). The van der Waals surface area contributed by atoms with Gasteiger partial charge in [-0.15, -0.1) is 0 Å². The third-order valence-electron chi connectivity index (χ3n) is 2.37. The van der Waals surface area contributed by atoms with Crippen LogP contribution < -0.4 is 5.73 Å². The van der Waals surface area contributed by atoms with Crippen molar-refractivity contribution in [2.24, 2.45) is 0 Å². The van der Waals surface area contributed by atoms with Crippen LogP contribution >= 0.6 is 7.60 Å². The van der Waals surface area contributed by atoms with Gasteiger partial charge in [-0.3, -0.25) is 9.55 Å². The molecule has 0 aliphatic heterocycles. The van der Waals surface area contributed by atoms with Crippen molar-refractivity contribution in [2.75, 3.05) is 18.7 Å². The number of nitrogen functional groups attached to an aromatic ring is 1. The van der Waals surface area contributed by atoms with Crippen LogP contribution in [0.3, 0.4) is 0 Å². The second-order valence-corrected chi connectivity index (χ2v) is 5.71. The summed E-state index contributed by atoms with van der Waals surface area (Å²) in [6.45, 7) is 0.0738. The topological polar surface area (TPSA) is 144 Å². The van der Waals surface area contributed by atoms with E-state index in [0.717, 1.165) is 5.56 Å². The van der Waals surface area contributed by atoms with E-state index in [2.05, 4.69) is 19.9 Å². The van der Waals surface area contributed by atoms with Gasteiger partial charge in [0, 0.05) is 24.4 Å². The van der Waals surface area contributed by atoms with Gasteiger partial charge in [-0.1, -0.05) is 0 Å². The number of nitrogens with zero attached hydrogens (tertiary/aromatic N) is 4. The van der Waals surface area contributed by atoms with Crippen molar-refractivity contribution in [3.8, 4) is 11.4 Å². The maximum atomic E-state index is 10.6. The van der Waals surface area contributed by atoms with E-state index >= 15 is 0 Å². The van der Waals surface area contributed by atoms with Crippen LogP contribution in [0.4, 0.5) is 5.95 Å². The van der Waals surface area contributed by atoms with Crippen molar-refractivity contribution in [3.05, 3.63) is 30.4 Å². The summed E-state index contributed by atoms with van der Waals surface area (Å²) in [5.74, 6) is 0.872. The van der Waals surface area contributed by atoms with E-state index in [0.29, 0.717) is 11.6 Å². The van der Waals surface area contributed by atoms with Crippen molar-refractivity contribution in [1.82, 2.24) is 19.9 Å². The molecule has 112 valence electrons. The molecular formula is C11H14N5O4P. The summed E-state index contributed by atoms with van der Waals surface area (Å²) in [7, 11) is -4.16. The molecule has 2 heterocycles. The zero-order valence-corrected chi connectivity index (χ0v) is 11.8. The van der Waals surface area contributed by atoms with E-state index in [-0.39, 0.29) is 19.0 Å². The largest absolute Gasteiger partial charge is 0.368 e. The lowest BCUT2D eigenvalue weighted by Gasteiger charge is -2.06. The van der Waals surface area contributed by atoms with Crippen molar-refractivity contribution >= 4 is 13.5 Å². The van der Waals surface area contributed by atoms with E-state index < -0.39 is 13.9 Å². The van der Waals surface area contributed by atoms with Crippen molar-refractivity contribution < 1.29 is 19.1 Å². The molecule has 2 aromatic rings. The Morgan fingerprint density at radius 2 is 1.90 bits per heavy atom. The van der Waals surface area contributed by atoms with E-state index in [1.54, 1.807) is 24.5 Å². The molecule has 0 aliphatic carbocycles. The predicted octanol–water partition coefficient (Wildman–Crippen LogP) is 0.210. The van der Waals surface area contributed by atoms with E-state index in [4.69, 9.17) is 20.3 Å². The van der Waals surface area contributed by atoms with Crippen LogP contribution in [0.5, 0.6) is 0 Å². The lowest BCUT2D eigenvalue weighted by molar-refractivity contribution is 0.159. The van der Waals surface area contributed by atoms with Gasteiger partial charge < -0.3 is 20.3 Å². The van der Waals surface area contributed by atoms with Crippen LogP contribution in [0.2, 0.25) is 0 Å². The summed E-state index contributed by atoms with van der Waals surface area (Å²) in [5, 5.41) is 0. The Morgan fingerprint density at radius 3 is 2.57 bits per heavy atom. The predicted molar refractivity (Wildman–Crippen MR) is 74.0 cm³/mol. The molecule has 2 aromatic heterocycles. The van der Waals surface area contributed by atoms with Gasteiger partial charge >= 0.3 is 7.60 Å². The molecule has 0 bridgehead atoms. The molecule has 0 saturated carbocycles. The summed E-state index contributed by atoms with van der Waals surface area (Å²) in [6.07, 6.45) is 2.85. The Labute approximate surface area is 120 Å². The number of hydrogen-bond donors (Lipinski definition) is 3. The Balaban J connectivity index is 2.04. The van der Waals surface area contributed by atoms with Gasteiger partial charge in [0.2, 0.25) is 5.95 Å². The highest BCUT2D eigenvalue weighted by molar-refractivity contribution is 7.51. The van der Waals surface area contributed by atoms with Gasteiger partial charge in [-0.05, 0) is 12.1 Å². The molecule has 21 heavy (non-hydrogen) atoms. The van der Waals surface area contributed by atoms with Gasteiger partial charge in [0.05, 0.1) is 6.61 Å². The van der Waals surface area contributed by atoms with Crippen molar-refractivity contribution in [2.45, 2.75) is 6.42 Å². The smallest absolute Gasteiger partial charge is 0.350 e. The SMILES string of the molecule is Nc1nc(CCOCP(=O)(O)O)nc(-c2ccncc2)n1. The van der Waals surface area contributed by atoms with Crippen LogP contribution in [0, 0.1) is 0 Å². The fourth-order valence-corrected chi connectivity index (χ4v) is 1.89. The molecule has 10 heteroatoms. The van der Waals surface area contributed by atoms with Gasteiger partial charge in [0.15, 0.2) is 5.82 Å². The number of ether oxygens (including phenoxy) is 1. The number of aromatic nitrogens is 4. The van der Waals surface area contributed by atoms with E-state index in [9.17, 15) is 4.57 Å². The molecule has 0 atom stereocenters. The normalized spacial score (nSPS) is 11.5. The average Bonchev–Trinajstić information content (AvgIpc) is 2.43. The summed E-state index contributed by atoms with van der Waals surface area (Å²) < 4.78 is 15.5. The zero-order valence-electron chi connectivity index (χ0n) is 11.0. The molecule has 0 aromatic carbocycles. The Bertz CT molecular complexity index is 648. The first-order valence-electron chi connectivity index (χ1n) is 5.97. The fourth-order valence-electron chi connectivity index (χ4n) is 1.53. The quantitative estimate of drug-likeness (QED) is 0.503. The third-order valence-corrected chi connectivity index (χ3v) is 2.89. The molecular weight excluding hydrogens is 297 g/mol. The van der Waals surface area contributed by atoms with Crippen LogP contribution in [0.25, 0.3) is 11.4 Å². The Kier molecular flexibility index (Phi) is 4.92. The number of rotatable bonds is 6. The van der Waals surface area contributed by atoms with Crippen LogP contribution in [0.15, 0.2) is 24.5 Å². The van der Waals surface area contributed by atoms with Crippen LogP contribution in [0.1, 0.15) is 5.82 Å². The summed E-state index contributed by atoms with van der Waals surface area (Å²) in [6, 6.07) is 3.48. The Morgan fingerprint density at radius 1 is 1.19 bits per heavy atom. The molecule has 0 saturated heterocycles. The lowest BCUT2D eigenvalue weighted by atomic mass is 10.2. The molecule has 0 amide bonds. The Hall–Kier alpha value is -1.93. The standard InChI is InChI=1S/C11H14N5O4P/c12-11-15-9(3-6-20-7-21(17,18)19)14-10(16-11)8-1-4-13-5-2-8/h1-2,4-5H,3,6-7H2,(H2,17,18,19)(H2,12,14,15,16). The third kappa shape index (κ3) is 5.16. The first-order valence-corrected chi connectivity index (χ1v) is 7.77. The summed E-state index contributed by atoms with van der Waals surface area (Å²) >= 11 is 0. The minimum atomic E-state index is -4.16. The van der Waals surface area contributed by atoms with Crippen LogP contribution in [-0.4, -0.2) is 42.7 Å². The first-order chi connectivity index (χ1) is 9.94. The zero-order chi connectivity index (χ0) is 15.3. The molecule has 0 spiro atoms. The number of hydrogen-bond acceptors (Lipinski definition) is 7. The molecule has 0 radical (unpaired) electrons. The van der Waals surface area contributed by atoms with Crippen LogP contribution in [-0.2, 0) is 15.7 Å². The monoisotopic (exact) mass is 311 g/mol. The van der Waals surface area contributed by atoms with Gasteiger partial charge in [-0.25, -0.2) is 4.98 Å². The first kappa shape index (κ1) is 15.5. The minimum Gasteiger partial charge on any atom is -0.368 e. The highest BCUT2D eigenvalue weighted by atomic mass is 31.2. The van der Waals surface area contributed by atoms with Crippen molar-refractivity contribution in [3.63, 3.8) is 0 Å². The second-order valence-electron chi connectivity index (χ2n) is 4.12. The minimum absolute atomic E-state index is 0.0711. The molecule has 9 nitrogen and oxygen atoms in total. The van der Waals surface area contributed by atoms with Gasteiger partial charge in [0.1, 0.15) is 12.2 Å². The fraction of sp³-hybridized carbons (Fsp3) is 0.273. The summed E-state index contributed by atoms with van der Waals surface area (Å²) in [4.78, 5) is 33.5.